The molecule has 58 heavy (non-hydrogen) atoms. The molecule has 0 aromatic rings. The van der Waals surface area contributed by atoms with E-state index in [1.165, 1.54) is 31.8 Å². The zero-order valence-electron chi connectivity index (χ0n) is 33.4. The molecule has 0 saturated carbocycles. The predicted molar refractivity (Wildman–Crippen MR) is 201 cm³/mol. The number of nitrogens with zero attached hydrogens (tertiary/aromatic N) is 1. The maximum absolute atomic E-state index is 13.1. The Balaban J connectivity index is 1.45. The summed E-state index contributed by atoms with van der Waals surface area (Å²) in [7, 11) is 0. The van der Waals surface area contributed by atoms with Gasteiger partial charge in [0.1, 0.15) is 60.9 Å². The summed E-state index contributed by atoms with van der Waals surface area (Å²) in [5, 5.41) is 93.6. The fourth-order valence-electron chi connectivity index (χ4n) is 7.64. The van der Waals surface area contributed by atoms with Crippen LogP contribution in [0.5, 0.6) is 0 Å². The van der Waals surface area contributed by atoms with Crippen LogP contribution in [0.2, 0.25) is 0 Å². The highest BCUT2D eigenvalue weighted by molar-refractivity contribution is 5.96. The van der Waals surface area contributed by atoms with E-state index in [1.54, 1.807) is 6.08 Å². The van der Waals surface area contributed by atoms with Crippen molar-refractivity contribution in [2.45, 2.75) is 183 Å². The number of carbonyl (C=O) groups excluding carboxylic acids is 4. The summed E-state index contributed by atoms with van der Waals surface area (Å²) in [6, 6.07) is -3.86. The second-order valence-electron chi connectivity index (χ2n) is 15.8. The summed E-state index contributed by atoms with van der Waals surface area (Å²) < 4.78 is 23.4. The van der Waals surface area contributed by atoms with Crippen molar-refractivity contribution in [1.82, 2.24) is 20.9 Å². The van der Waals surface area contributed by atoms with Crippen LogP contribution >= 0.6 is 0 Å². The first kappa shape index (κ1) is 47.8. The van der Waals surface area contributed by atoms with Gasteiger partial charge in [-0.25, -0.2) is 4.79 Å². The molecular weight excluding hydrogens is 768 g/mol. The number of hydrogen-bond acceptors (Lipinski definition) is 16. The van der Waals surface area contributed by atoms with Crippen LogP contribution in [0.25, 0.3) is 0 Å². The van der Waals surface area contributed by atoms with E-state index in [2.05, 4.69) is 29.8 Å². The zero-order valence-corrected chi connectivity index (χ0v) is 33.4. The predicted octanol–water partition coefficient (Wildman–Crippen LogP) is -2.26. The lowest BCUT2D eigenvalue weighted by Crippen LogP contribution is -2.68. The molecule has 11 N–H and O–H groups in total. The van der Waals surface area contributed by atoms with E-state index in [-0.39, 0.29) is 13.0 Å². The van der Waals surface area contributed by atoms with Gasteiger partial charge in [-0.1, -0.05) is 64.9 Å². The Bertz CT molecular complexity index is 1380. The van der Waals surface area contributed by atoms with Gasteiger partial charge in [0.15, 0.2) is 18.8 Å². The molecule has 332 valence electrons. The number of aliphatic hydroxyl groups is 8. The van der Waals surface area contributed by atoms with E-state index in [1.807, 2.05) is 0 Å². The van der Waals surface area contributed by atoms with Crippen LogP contribution in [0.1, 0.15) is 91.4 Å². The molecular formula is C38H64N4O16. The van der Waals surface area contributed by atoms with Crippen molar-refractivity contribution in [3.05, 3.63) is 12.2 Å². The van der Waals surface area contributed by atoms with Crippen molar-refractivity contribution in [3.63, 3.8) is 0 Å². The highest BCUT2D eigenvalue weighted by Gasteiger charge is 2.54. The third-order valence-corrected chi connectivity index (χ3v) is 11.3. The summed E-state index contributed by atoms with van der Waals surface area (Å²) in [5.74, 6) is -1.14. The largest absolute Gasteiger partial charge is 0.394 e. The number of hydrogen-bond donors (Lipinski definition) is 11. The Hall–Kier alpha value is -2.86. The van der Waals surface area contributed by atoms with Crippen molar-refractivity contribution < 1.29 is 79.0 Å². The average Bonchev–Trinajstić information content (AvgIpc) is 3.48. The molecule has 0 aromatic carbocycles. The number of carbonyl (C=O) groups is 4. The first-order valence-electron chi connectivity index (χ1n) is 20.4. The molecule has 0 unspecified atom stereocenters. The number of nitrogens with one attached hydrogen (secondary N) is 3. The van der Waals surface area contributed by atoms with E-state index in [0.29, 0.717) is 6.42 Å². The lowest BCUT2D eigenvalue weighted by Gasteiger charge is -2.47. The van der Waals surface area contributed by atoms with Gasteiger partial charge in [0.25, 0.3) is 0 Å². The summed E-state index contributed by atoms with van der Waals surface area (Å²) in [5.41, 5.74) is 0. The van der Waals surface area contributed by atoms with Crippen molar-refractivity contribution >= 4 is 23.8 Å². The molecule has 0 spiro atoms. The number of unbranched alkanes of at least 4 members (excludes halogenated alkanes) is 6. The van der Waals surface area contributed by atoms with Gasteiger partial charge < -0.3 is 70.4 Å². The summed E-state index contributed by atoms with van der Waals surface area (Å²) in [4.78, 5) is 50.2. The van der Waals surface area contributed by atoms with Gasteiger partial charge in [0, 0.05) is 26.3 Å². The molecule has 20 heteroatoms. The first-order valence-corrected chi connectivity index (χ1v) is 20.4. The van der Waals surface area contributed by atoms with Gasteiger partial charge >= 0.3 is 6.03 Å². The first-order chi connectivity index (χ1) is 27.6. The molecule has 4 aliphatic rings. The molecule has 4 fully saturated rings. The van der Waals surface area contributed by atoms with E-state index < -0.39 is 129 Å². The number of ether oxygens (including phenoxy) is 4. The highest BCUT2D eigenvalue weighted by atomic mass is 16.8. The summed E-state index contributed by atoms with van der Waals surface area (Å²) >= 11 is 0. The Morgan fingerprint density at radius 3 is 2.09 bits per heavy atom. The summed E-state index contributed by atoms with van der Waals surface area (Å²) in [6.45, 7) is 4.68. The SMILES string of the molecule is CC[C@H](C)CCCCCCCC/C=C/C(=O)N[C@@H]1[C@@H](O[C@H]2O[C@@H](CO)[C@H](O)[C@@H](O)[C@H]2NC(C)=O)O[C@H](C[C@H](O)[C@@H]2O[C@H](N3CCC(=O)NC3=O)[C@H](O)[C@@H]2O)[C@@H](O)[C@@H]1O. The van der Waals surface area contributed by atoms with E-state index in [4.69, 9.17) is 18.9 Å². The molecule has 5 amide bonds. The van der Waals surface area contributed by atoms with Crippen molar-refractivity contribution in [1.29, 1.82) is 0 Å². The monoisotopic (exact) mass is 832 g/mol. The lowest BCUT2D eigenvalue weighted by atomic mass is 9.91. The minimum absolute atomic E-state index is 0.0993. The molecule has 20 nitrogen and oxygen atoms in total. The van der Waals surface area contributed by atoms with Crippen LogP contribution in [0.15, 0.2) is 12.2 Å². The van der Waals surface area contributed by atoms with Crippen LogP contribution < -0.4 is 16.0 Å². The molecule has 0 aromatic heterocycles. The maximum Gasteiger partial charge on any atom is 0.326 e. The number of amides is 5. The third kappa shape index (κ3) is 12.6. The Morgan fingerprint density at radius 1 is 0.862 bits per heavy atom. The Kier molecular flexibility index (Phi) is 18.7. The minimum Gasteiger partial charge on any atom is -0.394 e. The van der Waals surface area contributed by atoms with Gasteiger partial charge in [0.05, 0.1) is 18.8 Å². The third-order valence-electron chi connectivity index (χ3n) is 11.3. The molecule has 0 bridgehead atoms. The fraction of sp³-hybridized carbons (Fsp3) is 0.842. The molecule has 4 rings (SSSR count). The van der Waals surface area contributed by atoms with Crippen LogP contribution in [-0.2, 0) is 33.3 Å². The topological polar surface area (TPSA) is 306 Å². The summed E-state index contributed by atoms with van der Waals surface area (Å²) in [6.07, 6.45) is -9.82. The maximum atomic E-state index is 13.1. The second kappa shape index (κ2) is 22.7. The van der Waals surface area contributed by atoms with E-state index >= 15 is 0 Å². The number of urea groups is 1. The quantitative estimate of drug-likeness (QED) is 0.0456. The number of allylic oxidation sites excluding steroid dienone is 1. The van der Waals surface area contributed by atoms with Crippen molar-refractivity contribution in [3.8, 4) is 0 Å². The van der Waals surface area contributed by atoms with Crippen LogP contribution in [-0.4, -0.2) is 175 Å². The van der Waals surface area contributed by atoms with Gasteiger partial charge in [-0.2, -0.15) is 0 Å². The number of aliphatic hydroxyl groups excluding tert-OH is 8. The minimum atomic E-state index is -1.84. The molecule has 0 aliphatic carbocycles. The van der Waals surface area contributed by atoms with Gasteiger partial charge in [-0.3, -0.25) is 24.6 Å². The van der Waals surface area contributed by atoms with Crippen molar-refractivity contribution in [2.24, 2.45) is 5.92 Å². The normalized spacial score (nSPS) is 36.8. The van der Waals surface area contributed by atoms with Crippen LogP contribution in [0, 0.1) is 5.92 Å². The number of rotatable bonds is 20. The lowest BCUT2D eigenvalue weighted by molar-refractivity contribution is -0.346. The van der Waals surface area contributed by atoms with Crippen LogP contribution in [0.3, 0.4) is 0 Å². The van der Waals surface area contributed by atoms with Gasteiger partial charge in [-0.05, 0) is 24.8 Å². The molecule has 16 atom stereocenters. The smallest absolute Gasteiger partial charge is 0.326 e. The molecule has 4 heterocycles. The van der Waals surface area contributed by atoms with Crippen molar-refractivity contribution in [2.75, 3.05) is 13.2 Å². The fourth-order valence-corrected chi connectivity index (χ4v) is 7.64. The standard InChI is InChI=1S/C38H64N4O16/c1-4-19(2)13-11-9-7-5-6-8-10-12-14-24(46)40-27-31(51)28(48)22(55-37(27)58-36-26(39-20(3)44)30(50)29(49)23(18-43)56-36)17-21(45)34-32(52)33(53)35(57-34)42-16-15-25(47)41-38(42)54/h12,14,19,21-23,26-37,43,45,48-53H,4-11,13,15-18H2,1-3H3,(H,39,44)(H,40,46)(H,41,47,54)/b14-12+/t19-,21-,22+,23-,26+,27-,28+,29-,30-,31+,32-,33+,34-,35-,36+,37+/m0/s1. The molecule has 4 aliphatic heterocycles. The molecule has 0 radical (unpaired) electrons. The molecule has 4 saturated heterocycles. The Labute approximate surface area is 337 Å². The second-order valence-corrected chi connectivity index (χ2v) is 15.8. The van der Waals surface area contributed by atoms with Gasteiger partial charge in [0.2, 0.25) is 17.7 Å². The highest BCUT2D eigenvalue weighted by Crippen LogP contribution is 2.33. The Morgan fingerprint density at radius 2 is 1.47 bits per heavy atom. The zero-order chi connectivity index (χ0) is 42.7. The van der Waals surface area contributed by atoms with E-state index in [9.17, 15) is 60.0 Å². The van der Waals surface area contributed by atoms with Gasteiger partial charge in [-0.15, -0.1) is 0 Å². The van der Waals surface area contributed by atoms with Crippen LogP contribution in [0.4, 0.5) is 4.79 Å². The number of imide groups is 1. The average molecular weight is 833 g/mol. The van der Waals surface area contributed by atoms with E-state index in [0.717, 1.165) is 43.4 Å².